The Bertz CT molecular complexity index is 574. The first kappa shape index (κ1) is 19.1. The van der Waals surface area contributed by atoms with Crippen LogP contribution in [0.5, 0.6) is 0 Å². The molecule has 1 N–H and O–H groups in total. The highest BCUT2D eigenvalue weighted by molar-refractivity contribution is 6.30. The van der Waals surface area contributed by atoms with Gasteiger partial charge >= 0.3 is 0 Å². The lowest BCUT2D eigenvalue weighted by Gasteiger charge is -2.26. The molecule has 2 atom stereocenters. The Labute approximate surface area is 155 Å². The predicted molar refractivity (Wildman–Crippen MR) is 99.3 cm³/mol. The lowest BCUT2D eigenvalue weighted by molar-refractivity contribution is 0.165. The van der Waals surface area contributed by atoms with Gasteiger partial charge in [0.15, 0.2) is 0 Å². The predicted octanol–water partition coefficient (Wildman–Crippen LogP) is 2.16. The lowest BCUT2D eigenvalue weighted by atomic mass is 9.96. The SMILES string of the molecule is CN1CCCN(C[C@@H]2CN(Cc3cccc(Cl)c3F)C[C@@H]2CO)CC1. The van der Waals surface area contributed by atoms with Crippen molar-refractivity contribution in [2.45, 2.75) is 13.0 Å². The van der Waals surface area contributed by atoms with E-state index in [0.717, 1.165) is 45.8 Å². The lowest BCUT2D eigenvalue weighted by Crippen LogP contribution is -2.36. The number of hydrogen-bond acceptors (Lipinski definition) is 4. The van der Waals surface area contributed by atoms with Gasteiger partial charge in [-0.05, 0) is 44.5 Å². The van der Waals surface area contributed by atoms with Crippen molar-refractivity contribution in [2.75, 3.05) is 59.5 Å². The van der Waals surface area contributed by atoms with Gasteiger partial charge < -0.3 is 14.9 Å². The van der Waals surface area contributed by atoms with Crippen LogP contribution in [0.15, 0.2) is 18.2 Å². The molecule has 3 rings (SSSR count). The van der Waals surface area contributed by atoms with Crippen LogP contribution in [-0.2, 0) is 6.54 Å². The van der Waals surface area contributed by atoms with Crippen molar-refractivity contribution < 1.29 is 9.50 Å². The molecule has 25 heavy (non-hydrogen) atoms. The Morgan fingerprint density at radius 1 is 1.12 bits per heavy atom. The number of likely N-dealkylation sites (tertiary alicyclic amines) is 1. The molecule has 2 saturated heterocycles. The normalized spacial score (nSPS) is 26.9. The molecule has 2 aliphatic heterocycles. The number of benzene rings is 1. The zero-order valence-electron chi connectivity index (χ0n) is 15.0. The molecule has 1 aromatic rings. The van der Waals surface area contributed by atoms with Crippen LogP contribution in [0.4, 0.5) is 4.39 Å². The first-order valence-corrected chi connectivity index (χ1v) is 9.61. The van der Waals surface area contributed by atoms with Gasteiger partial charge in [-0.15, -0.1) is 0 Å². The van der Waals surface area contributed by atoms with Crippen molar-refractivity contribution in [1.82, 2.24) is 14.7 Å². The van der Waals surface area contributed by atoms with E-state index in [9.17, 15) is 9.50 Å². The summed E-state index contributed by atoms with van der Waals surface area (Å²) in [6.45, 7) is 7.99. The zero-order chi connectivity index (χ0) is 17.8. The maximum atomic E-state index is 14.2. The number of rotatable bonds is 5. The fourth-order valence-corrected chi connectivity index (χ4v) is 4.30. The van der Waals surface area contributed by atoms with Crippen LogP contribution in [0.25, 0.3) is 0 Å². The molecule has 0 saturated carbocycles. The second-order valence-corrected chi connectivity index (χ2v) is 7.97. The topological polar surface area (TPSA) is 30.0 Å². The number of halogens is 2. The van der Waals surface area contributed by atoms with E-state index in [1.54, 1.807) is 18.2 Å². The van der Waals surface area contributed by atoms with Gasteiger partial charge in [0.1, 0.15) is 5.82 Å². The van der Waals surface area contributed by atoms with Crippen molar-refractivity contribution in [3.8, 4) is 0 Å². The van der Waals surface area contributed by atoms with Crippen molar-refractivity contribution in [2.24, 2.45) is 11.8 Å². The van der Waals surface area contributed by atoms with Gasteiger partial charge in [0.25, 0.3) is 0 Å². The second-order valence-electron chi connectivity index (χ2n) is 7.57. The molecule has 0 amide bonds. The Morgan fingerprint density at radius 2 is 1.92 bits per heavy atom. The van der Waals surface area contributed by atoms with Crippen LogP contribution >= 0.6 is 11.6 Å². The summed E-state index contributed by atoms with van der Waals surface area (Å²) in [4.78, 5) is 7.16. The van der Waals surface area contributed by atoms with Gasteiger partial charge in [0.2, 0.25) is 0 Å². The Hall–Kier alpha value is -0.720. The van der Waals surface area contributed by atoms with Crippen molar-refractivity contribution >= 4 is 11.6 Å². The van der Waals surface area contributed by atoms with Crippen LogP contribution < -0.4 is 0 Å². The summed E-state index contributed by atoms with van der Waals surface area (Å²) in [7, 11) is 2.18. The second kappa shape index (κ2) is 8.78. The molecule has 2 heterocycles. The van der Waals surface area contributed by atoms with E-state index in [0.29, 0.717) is 18.0 Å². The molecule has 0 unspecified atom stereocenters. The molecular formula is C19H29ClFN3O. The quantitative estimate of drug-likeness (QED) is 0.861. The van der Waals surface area contributed by atoms with Crippen LogP contribution in [0, 0.1) is 17.7 Å². The molecule has 1 aromatic carbocycles. The summed E-state index contributed by atoms with van der Waals surface area (Å²) in [6.07, 6.45) is 1.20. The molecule has 2 fully saturated rings. The molecule has 2 aliphatic rings. The maximum Gasteiger partial charge on any atom is 0.146 e. The third kappa shape index (κ3) is 4.92. The monoisotopic (exact) mass is 369 g/mol. The number of likely N-dealkylation sites (N-methyl/N-ethyl adjacent to an activating group) is 1. The van der Waals surface area contributed by atoms with E-state index in [-0.39, 0.29) is 23.4 Å². The van der Waals surface area contributed by atoms with E-state index in [2.05, 4.69) is 21.7 Å². The summed E-state index contributed by atoms with van der Waals surface area (Å²) in [6, 6.07) is 5.18. The smallest absolute Gasteiger partial charge is 0.146 e. The molecule has 6 heteroatoms. The Morgan fingerprint density at radius 3 is 2.72 bits per heavy atom. The molecule has 4 nitrogen and oxygen atoms in total. The number of hydrogen-bond donors (Lipinski definition) is 1. The van der Waals surface area contributed by atoms with Crippen LogP contribution in [0.2, 0.25) is 5.02 Å². The van der Waals surface area contributed by atoms with E-state index in [1.165, 1.54) is 6.42 Å². The molecule has 0 aromatic heterocycles. The minimum Gasteiger partial charge on any atom is -0.396 e. The van der Waals surface area contributed by atoms with Crippen molar-refractivity contribution in [3.63, 3.8) is 0 Å². The summed E-state index contributed by atoms with van der Waals surface area (Å²) >= 11 is 5.90. The summed E-state index contributed by atoms with van der Waals surface area (Å²) in [5, 5.41) is 9.98. The average Bonchev–Trinajstić information content (AvgIpc) is 2.85. The van der Waals surface area contributed by atoms with Crippen molar-refractivity contribution in [1.29, 1.82) is 0 Å². The largest absolute Gasteiger partial charge is 0.396 e. The number of aliphatic hydroxyl groups excluding tert-OH is 1. The van der Waals surface area contributed by atoms with Gasteiger partial charge in [-0.3, -0.25) is 4.90 Å². The third-order valence-corrected chi connectivity index (χ3v) is 5.91. The van der Waals surface area contributed by atoms with Gasteiger partial charge in [-0.1, -0.05) is 23.7 Å². The first-order valence-electron chi connectivity index (χ1n) is 9.24. The van der Waals surface area contributed by atoms with E-state index in [1.807, 2.05) is 0 Å². The van der Waals surface area contributed by atoms with Crippen LogP contribution in [0.3, 0.4) is 0 Å². The first-order chi connectivity index (χ1) is 12.1. The molecule has 0 bridgehead atoms. The van der Waals surface area contributed by atoms with Gasteiger partial charge in [0, 0.05) is 51.4 Å². The van der Waals surface area contributed by atoms with Gasteiger partial charge in [-0.2, -0.15) is 0 Å². The third-order valence-electron chi connectivity index (χ3n) is 5.62. The zero-order valence-corrected chi connectivity index (χ0v) is 15.8. The van der Waals surface area contributed by atoms with Crippen LogP contribution in [-0.4, -0.2) is 79.3 Å². The minimum absolute atomic E-state index is 0.181. The highest BCUT2D eigenvalue weighted by atomic mass is 35.5. The van der Waals surface area contributed by atoms with E-state index >= 15 is 0 Å². The van der Waals surface area contributed by atoms with Crippen LogP contribution in [0.1, 0.15) is 12.0 Å². The molecule has 0 radical (unpaired) electrons. The number of aliphatic hydroxyl groups is 1. The maximum absolute atomic E-state index is 14.2. The number of nitrogens with zero attached hydrogens (tertiary/aromatic N) is 3. The van der Waals surface area contributed by atoms with Gasteiger partial charge in [0.05, 0.1) is 5.02 Å². The summed E-state index contributed by atoms with van der Waals surface area (Å²) in [5.74, 6) is 0.391. The van der Waals surface area contributed by atoms with Gasteiger partial charge in [-0.25, -0.2) is 4.39 Å². The Kier molecular flexibility index (Phi) is 6.69. The molecule has 140 valence electrons. The molecular weight excluding hydrogens is 341 g/mol. The summed E-state index contributed by atoms with van der Waals surface area (Å²) in [5.41, 5.74) is 0.640. The molecule has 0 spiro atoms. The molecule has 0 aliphatic carbocycles. The summed E-state index contributed by atoms with van der Waals surface area (Å²) < 4.78 is 14.2. The van der Waals surface area contributed by atoms with E-state index < -0.39 is 0 Å². The highest BCUT2D eigenvalue weighted by Crippen LogP contribution is 2.27. The highest BCUT2D eigenvalue weighted by Gasteiger charge is 2.33. The minimum atomic E-state index is -0.316. The van der Waals surface area contributed by atoms with Crippen molar-refractivity contribution in [3.05, 3.63) is 34.6 Å². The van der Waals surface area contributed by atoms with E-state index in [4.69, 9.17) is 11.6 Å². The fourth-order valence-electron chi connectivity index (χ4n) is 4.10. The fraction of sp³-hybridized carbons (Fsp3) is 0.684. The average molecular weight is 370 g/mol. The Balaban J connectivity index is 1.59. The standard InChI is InChI=1S/C19H29ClFN3O/c1-22-6-3-7-23(9-8-22)11-16-12-24(13-17(16)14-25)10-15-4-2-5-18(20)19(15)21/h2,4-5,16-17,25H,3,6-14H2,1H3/t16-,17-/m1/s1.